The molecule has 3 nitrogen and oxygen atoms in total. The smallest absolute Gasteiger partial charge is 0.267 e. The Labute approximate surface area is 158 Å². The molecule has 0 radical (unpaired) electrons. The number of hydrogen-bond donors (Lipinski definition) is 0. The first-order valence-electron chi connectivity index (χ1n) is 9.23. The first-order valence-corrected chi connectivity index (χ1v) is 10.0. The molecule has 1 amide bonds. The molecule has 0 unspecified atom stereocenters. The molecule has 1 heterocycles. The number of thioether (sulfide) groups is 1. The van der Waals surface area contributed by atoms with Gasteiger partial charge in [-0.25, -0.2) is 4.99 Å². The van der Waals surface area contributed by atoms with Crippen molar-refractivity contribution in [2.24, 2.45) is 4.99 Å². The summed E-state index contributed by atoms with van der Waals surface area (Å²) in [6.45, 7) is 0. The fourth-order valence-corrected chi connectivity index (χ4v) is 4.60. The molecule has 26 heavy (non-hydrogen) atoms. The van der Waals surface area contributed by atoms with Gasteiger partial charge in [-0.05, 0) is 48.4 Å². The fraction of sp³-hybridized carbons (Fsp3) is 0.273. The van der Waals surface area contributed by atoms with Crippen molar-refractivity contribution in [3.63, 3.8) is 0 Å². The van der Waals surface area contributed by atoms with E-state index in [1.54, 1.807) is 0 Å². The molecule has 4 heteroatoms. The molecule has 0 bridgehead atoms. The third-order valence-corrected chi connectivity index (χ3v) is 5.84. The molecular weight excluding hydrogens is 340 g/mol. The maximum Gasteiger partial charge on any atom is 0.267 e. The van der Waals surface area contributed by atoms with Crippen LogP contribution in [-0.2, 0) is 4.79 Å². The third-order valence-electron chi connectivity index (χ3n) is 4.86. The van der Waals surface area contributed by atoms with Gasteiger partial charge in [-0.2, -0.15) is 0 Å². The minimum Gasteiger partial charge on any atom is -0.283 e. The van der Waals surface area contributed by atoms with Crippen molar-refractivity contribution in [2.45, 2.75) is 38.1 Å². The third kappa shape index (κ3) is 3.75. The van der Waals surface area contributed by atoms with Crippen LogP contribution in [-0.4, -0.2) is 22.0 Å². The summed E-state index contributed by atoms with van der Waals surface area (Å²) in [7, 11) is 0. The Morgan fingerprint density at radius 2 is 1.58 bits per heavy atom. The van der Waals surface area contributed by atoms with Crippen molar-refractivity contribution in [1.82, 2.24) is 4.90 Å². The summed E-state index contributed by atoms with van der Waals surface area (Å²) in [5.74, 6) is 0.0976. The van der Waals surface area contributed by atoms with Gasteiger partial charge in [0.2, 0.25) is 0 Å². The van der Waals surface area contributed by atoms with Crippen LogP contribution < -0.4 is 0 Å². The Hall–Kier alpha value is -2.33. The van der Waals surface area contributed by atoms with Crippen molar-refractivity contribution >= 4 is 34.6 Å². The molecule has 1 saturated heterocycles. The molecule has 132 valence electrons. The van der Waals surface area contributed by atoms with E-state index < -0.39 is 0 Å². The van der Waals surface area contributed by atoms with E-state index in [4.69, 9.17) is 4.99 Å². The molecule has 0 spiro atoms. The number of hydrogen-bond acceptors (Lipinski definition) is 3. The average molecular weight is 362 g/mol. The second-order valence-corrected chi connectivity index (χ2v) is 7.73. The lowest BCUT2D eigenvalue weighted by Gasteiger charge is -2.30. The number of amidine groups is 1. The second-order valence-electron chi connectivity index (χ2n) is 6.72. The van der Waals surface area contributed by atoms with Crippen molar-refractivity contribution in [2.75, 3.05) is 0 Å². The van der Waals surface area contributed by atoms with Gasteiger partial charge in [0.05, 0.1) is 10.6 Å². The largest absolute Gasteiger partial charge is 0.283 e. The molecule has 0 N–H and O–H groups in total. The highest BCUT2D eigenvalue weighted by Gasteiger charge is 2.38. The standard InChI is InChI=1S/C22H22N2OS/c25-21-20(16-17-10-4-1-5-11-17)26-22(23-18-12-6-2-7-13-18)24(21)19-14-8-3-9-15-19/h1-2,4-7,10-13,16,19H,3,8-9,14-15H2. The Kier molecular flexibility index (Phi) is 5.21. The molecule has 2 aromatic rings. The summed E-state index contributed by atoms with van der Waals surface area (Å²) in [6.07, 6.45) is 7.77. The van der Waals surface area contributed by atoms with Gasteiger partial charge >= 0.3 is 0 Å². The molecule has 1 saturated carbocycles. The lowest BCUT2D eigenvalue weighted by molar-refractivity contribution is -0.124. The summed E-state index contributed by atoms with van der Waals surface area (Å²) >= 11 is 1.50. The van der Waals surface area contributed by atoms with Crippen molar-refractivity contribution in [3.8, 4) is 0 Å². The summed E-state index contributed by atoms with van der Waals surface area (Å²) in [5, 5.41) is 0.815. The van der Waals surface area contributed by atoms with Crippen LogP contribution in [0.1, 0.15) is 37.7 Å². The van der Waals surface area contributed by atoms with Crippen LogP contribution in [0.25, 0.3) is 6.08 Å². The highest BCUT2D eigenvalue weighted by molar-refractivity contribution is 8.18. The van der Waals surface area contributed by atoms with Gasteiger partial charge in [-0.15, -0.1) is 0 Å². The number of rotatable bonds is 3. The van der Waals surface area contributed by atoms with E-state index in [0.29, 0.717) is 0 Å². The Morgan fingerprint density at radius 3 is 2.27 bits per heavy atom. The average Bonchev–Trinajstić information content (AvgIpc) is 2.99. The lowest BCUT2D eigenvalue weighted by Crippen LogP contribution is -2.40. The predicted molar refractivity (Wildman–Crippen MR) is 109 cm³/mol. The highest BCUT2D eigenvalue weighted by atomic mass is 32.2. The minimum absolute atomic E-state index is 0.0976. The fourth-order valence-electron chi connectivity index (χ4n) is 3.54. The molecule has 0 atom stereocenters. The van der Waals surface area contributed by atoms with E-state index in [1.807, 2.05) is 71.6 Å². The first kappa shape index (κ1) is 17.1. The number of carbonyl (C=O) groups is 1. The number of para-hydroxylation sites is 1. The monoisotopic (exact) mass is 362 g/mol. The van der Waals surface area contributed by atoms with Crippen molar-refractivity contribution in [3.05, 3.63) is 71.1 Å². The van der Waals surface area contributed by atoms with E-state index in [0.717, 1.165) is 34.2 Å². The van der Waals surface area contributed by atoms with E-state index >= 15 is 0 Å². The van der Waals surface area contributed by atoms with Gasteiger partial charge < -0.3 is 0 Å². The van der Waals surface area contributed by atoms with E-state index in [9.17, 15) is 4.79 Å². The van der Waals surface area contributed by atoms with Crippen LogP contribution in [0.3, 0.4) is 0 Å². The van der Waals surface area contributed by atoms with Crippen LogP contribution >= 0.6 is 11.8 Å². The second kappa shape index (κ2) is 7.92. The van der Waals surface area contributed by atoms with Gasteiger partial charge in [0.1, 0.15) is 0 Å². The molecule has 4 rings (SSSR count). The quantitative estimate of drug-likeness (QED) is 0.664. The minimum atomic E-state index is 0.0976. The molecule has 2 aliphatic rings. The summed E-state index contributed by atoms with van der Waals surface area (Å²) < 4.78 is 0. The van der Waals surface area contributed by atoms with Crippen molar-refractivity contribution in [1.29, 1.82) is 0 Å². The Bertz CT molecular complexity index is 824. The van der Waals surface area contributed by atoms with Crippen LogP contribution in [0.5, 0.6) is 0 Å². The molecule has 1 aliphatic carbocycles. The molecule has 0 aromatic heterocycles. The van der Waals surface area contributed by atoms with Crippen LogP contribution in [0.4, 0.5) is 5.69 Å². The lowest BCUT2D eigenvalue weighted by atomic mass is 9.94. The molecule has 2 aromatic carbocycles. The van der Waals surface area contributed by atoms with Gasteiger partial charge in [0, 0.05) is 6.04 Å². The van der Waals surface area contributed by atoms with Crippen LogP contribution in [0, 0.1) is 0 Å². The maximum atomic E-state index is 13.2. The topological polar surface area (TPSA) is 32.7 Å². The van der Waals surface area contributed by atoms with Gasteiger partial charge in [0.25, 0.3) is 5.91 Å². The number of carbonyl (C=O) groups excluding carboxylic acids is 1. The summed E-state index contributed by atoms with van der Waals surface area (Å²) in [6, 6.07) is 20.2. The number of nitrogens with zero attached hydrogens (tertiary/aromatic N) is 2. The summed E-state index contributed by atoms with van der Waals surface area (Å²) in [4.78, 5) is 20.7. The molecule has 2 fully saturated rings. The Morgan fingerprint density at radius 1 is 0.923 bits per heavy atom. The normalized spacial score (nSPS) is 21.7. The zero-order valence-electron chi connectivity index (χ0n) is 14.7. The first-order chi connectivity index (χ1) is 12.8. The van der Waals surface area contributed by atoms with Crippen LogP contribution in [0.15, 0.2) is 70.6 Å². The van der Waals surface area contributed by atoms with Gasteiger partial charge in [0.15, 0.2) is 5.17 Å². The predicted octanol–water partition coefficient (Wildman–Crippen LogP) is 5.62. The van der Waals surface area contributed by atoms with E-state index in [-0.39, 0.29) is 11.9 Å². The van der Waals surface area contributed by atoms with E-state index in [2.05, 4.69) is 0 Å². The number of aliphatic imine (C=N–C) groups is 1. The molecular formula is C22H22N2OS. The zero-order chi connectivity index (χ0) is 17.8. The highest BCUT2D eigenvalue weighted by Crippen LogP contribution is 2.38. The van der Waals surface area contributed by atoms with Crippen molar-refractivity contribution < 1.29 is 4.79 Å². The van der Waals surface area contributed by atoms with Crippen LogP contribution in [0.2, 0.25) is 0 Å². The Balaban J connectivity index is 1.69. The van der Waals surface area contributed by atoms with Gasteiger partial charge in [-0.1, -0.05) is 67.8 Å². The maximum absolute atomic E-state index is 13.2. The SMILES string of the molecule is O=C1C(=Cc2ccccc2)SC(=Nc2ccccc2)N1C1CCCCC1. The zero-order valence-corrected chi connectivity index (χ0v) is 15.5. The van der Waals surface area contributed by atoms with Gasteiger partial charge in [-0.3, -0.25) is 9.69 Å². The molecule has 1 aliphatic heterocycles. The summed E-state index contributed by atoms with van der Waals surface area (Å²) in [5.41, 5.74) is 1.94. The number of amides is 1. The number of benzene rings is 2. The van der Waals surface area contributed by atoms with E-state index in [1.165, 1.54) is 31.0 Å².